The van der Waals surface area contributed by atoms with Gasteiger partial charge in [0.25, 0.3) is 0 Å². The van der Waals surface area contributed by atoms with Crippen LogP contribution in [0.5, 0.6) is 0 Å². The molecule has 21 heavy (non-hydrogen) atoms. The molecule has 0 aliphatic carbocycles. The summed E-state index contributed by atoms with van der Waals surface area (Å²) in [4.78, 5) is 18.3. The molecule has 0 bridgehead atoms. The van der Waals surface area contributed by atoms with E-state index >= 15 is 0 Å². The third-order valence-electron chi connectivity index (χ3n) is 4.02. The molecule has 0 unspecified atom stereocenters. The van der Waals surface area contributed by atoms with Gasteiger partial charge >= 0.3 is 0 Å². The molecule has 3 rings (SSSR count). The normalized spacial score (nSPS) is 18.4. The van der Waals surface area contributed by atoms with E-state index in [-0.39, 0.29) is 11.9 Å². The zero-order valence-electron chi connectivity index (χ0n) is 12.3. The molecule has 0 spiro atoms. The predicted octanol–water partition coefficient (Wildman–Crippen LogP) is 1.64. The van der Waals surface area contributed by atoms with Gasteiger partial charge in [0, 0.05) is 18.5 Å². The van der Waals surface area contributed by atoms with Crippen LogP contribution < -0.4 is 0 Å². The van der Waals surface area contributed by atoms with E-state index in [1.54, 1.807) is 11.0 Å². The van der Waals surface area contributed by atoms with Crippen LogP contribution >= 0.6 is 0 Å². The zero-order chi connectivity index (χ0) is 14.8. The van der Waals surface area contributed by atoms with Crippen molar-refractivity contribution in [3.05, 3.63) is 29.7 Å². The standard InChI is InChI=1S/C14H19N5O2/c1-10-14(11(2)21-17-10)12-4-3-6-19(12)13(20)5-7-18-9-15-8-16-18/h8-9,12H,3-7H2,1-2H3/t12-/m1/s1. The Morgan fingerprint density at radius 3 is 3.00 bits per heavy atom. The number of carbonyl (C=O) groups is 1. The topological polar surface area (TPSA) is 77.0 Å². The highest BCUT2D eigenvalue weighted by atomic mass is 16.5. The molecular weight excluding hydrogens is 270 g/mol. The van der Waals surface area contributed by atoms with Crippen LogP contribution in [0.25, 0.3) is 0 Å². The minimum Gasteiger partial charge on any atom is -0.361 e. The Kier molecular flexibility index (Phi) is 3.72. The molecule has 1 aliphatic heterocycles. The van der Waals surface area contributed by atoms with Gasteiger partial charge in [-0.05, 0) is 26.7 Å². The second kappa shape index (κ2) is 5.67. The van der Waals surface area contributed by atoms with Gasteiger partial charge < -0.3 is 9.42 Å². The van der Waals surface area contributed by atoms with E-state index in [9.17, 15) is 4.79 Å². The maximum Gasteiger partial charge on any atom is 0.224 e. The maximum absolute atomic E-state index is 12.5. The van der Waals surface area contributed by atoms with Crippen LogP contribution in [0.1, 0.15) is 42.3 Å². The van der Waals surface area contributed by atoms with Gasteiger partial charge in [-0.2, -0.15) is 5.10 Å². The summed E-state index contributed by atoms with van der Waals surface area (Å²) < 4.78 is 6.92. The summed E-state index contributed by atoms with van der Waals surface area (Å²) in [5, 5.41) is 8.03. The van der Waals surface area contributed by atoms with Crippen molar-refractivity contribution in [2.45, 2.75) is 45.7 Å². The highest BCUT2D eigenvalue weighted by molar-refractivity contribution is 5.77. The average molecular weight is 289 g/mol. The van der Waals surface area contributed by atoms with Crippen LogP contribution in [-0.4, -0.2) is 37.3 Å². The van der Waals surface area contributed by atoms with Crippen molar-refractivity contribution >= 4 is 5.91 Å². The number of carbonyl (C=O) groups excluding carboxylic acids is 1. The second-order valence-corrected chi connectivity index (χ2v) is 5.39. The number of amides is 1. The van der Waals surface area contributed by atoms with E-state index in [0.29, 0.717) is 13.0 Å². The first kappa shape index (κ1) is 13.8. The zero-order valence-corrected chi connectivity index (χ0v) is 12.3. The Labute approximate surface area is 122 Å². The van der Waals surface area contributed by atoms with Crippen LogP contribution in [0.3, 0.4) is 0 Å². The van der Waals surface area contributed by atoms with Crippen molar-refractivity contribution in [1.82, 2.24) is 24.8 Å². The van der Waals surface area contributed by atoms with Crippen molar-refractivity contribution in [1.29, 1.82) is 0 Å². The van der Waals surface area contributed by atoms with Crippen LogP contribution in [0.4, 0.5) is 0 Å². The molecule has 7 nitrogen and oxygen atoms in total. The fourth-order valence-corrected chi connectivity index (χ4v) is 3.03. The summed E-state index contributed by atoms with van der Waals surface area (Å²) in [6.07, 6.45) is 5.53. The molecular formula is C14H19N5O2. The van der Waals surface area contributed by atoms with Crippen molar-refractivity contribution in [2.24, 2.45) is 0 Å². The SMILES string of the molecule is Cc1noc(C)c1[C@H]1CCCN1C(=O)CCn1cncn1. The van der Waals surface area contributed by atoms with Gasteiger partial charge in [-0.25, -0.2) is 4.98 Å². The number of aromatic nitrogens is 4. The van der Waals surface area contributed by atoms with Gasteiger partial charge in [-0.3, -0.25) is 9.48 Å². The second-order valence-electron chi connectivity index (χ2n) is 5.39. The van der Waals surface area contributed by atoms with Crippen LogP contribution in [0.2, 0.25) is 0 Å². The Bertz CT molecular complexity index is 600. The molecule has 1 atom stereocenters. The molecule has 0 N–H and O–H groups in total. The Balaban J connectivity index is 1.70. The monoisotopic (exact) mass is 289 g/mol. The molecule has 1 saturated heterocycles. The summed E-state index contributed by atoms with van der Waals surface area (Å²) in [5.74, 6) is 0.960. The fourth-order valence-electron chi connectivity index (χ4n) is 3.03. The number of likely N-dealkylation sites (tertiary alicyclic amines) is 1. The van der Waals surface area contributed by atoms with Gasteiger partial charge in [0.15, 0.2) is 0 Å². The molecule has 0 aromatic carbocycles. The van der Waals surface area contributed by atoms with Crippen molar-refractivity contribution in [3.63, 3.8) is 0 Å². The number of rotatable bonds is 4. The maximum atomic E-state index is 12.5. The first-order chi connectivity index (χ1) is 10.2. The quantitative estimate of drug-likeness (QED) is 0.855. The Morgan fingerprint density at radius 2 is 2.33 bits per heavy atom. The van der Waals surface area contributed by atoms with Crippen LogP contribution in [-0.2, 0) is 11.3 Å². The van der Waals surface area contributed by atoms with Gasteiger partial charge in [0.2, 0.25) is 5.91 Å². The summed E-state index contributed by atoms with van der Waals surface area (Å²) in [7, 11) is 0. The highest BCUT2D eigenvalue weighted by Crippen LogP contribution is 2.35. The van der Waals surface area contributed by atoms with Crippen molar-refractivity contribution in [3.8, 4) is 0 Å². The summed E-state index contributed by atoms with van der Waals surface area (Å²) in [6, 6.07) is 0.0968. The molecule has 7 heteroatoms. The van der Waals surface area contributed by atoms with E-state index in [4.69, 9.17) is 4.52 Å². The first-order valence-electron chi connectivity index (χ1n) is 7.21. The first-order valence-corrected chi connectivity index (χ1v) is 7.21. The van der Waals surface area contributed by atoms with E-state index in [1.807, 2.05) is 18.7 Å². The largest absolute Gasteiger partial charge is 0.361 e. The number of hydrogen-bond donors (Lipinski definition) is 0. The molecule has 0 saturated carbocycles. The van der Waals surface area contributed by atoms with Gasteiger partial charge in [0.1, 0.15) is 18.4 Å². The molecule has 0 radical (unpaired) electrons. The fraction of sp³-hybridized carbons (Fsp3) is 0.571. The minimum atomic E-state index is 0.0968. The highest BCUT2D eigenvalue weighted by Gasteiger charge is 2.33. The number of hydrogen-bond acceptors (Lipinski definition) is 5. The number of nitrogens with zero attached hydrogens (tertiary/aromatic N) is 5. The smallest absolute Gasteiger partial charge is 0.224 e. The Hall–Kier alpha value is -2.18. The lowest BCUT2D eigenvalue weighted by atomic mass is 10.0. The summed E-state index contributed by atoms with van der Waals surface area (Å²) in [5.41, 5.74) is 1.95. The molecule has 1 aliphatic rings. The lowest BCUT2D eigenvalue weighted by molar-refractivity contribution is -0.132. The van der Waals surface area contributed by atoms with Gasteiger partial charge in [0.05, 0.1) is 18.3 Å². The van der Waals surface area contributed by atoms with Crippen LogP contribution in [0.15, 0.2) is 17.2 Å². The molecule has 1 amide bonds. The minimum absolute atomic E-state index is 0.0968. The predicted molar refractivity (Wildman–Crippen MR) is 74.3 cm³/mol. The summed E-state index contributed by atoms with van der Waals surface area (Å²) >= 11 is 0. The van der Waals surface area contributed by atoms with E-state index < -0.39 is 0 Å². The number of aryl methyl sites for hydroxylation is 3. The van der Waals surface area contributed by atoms with Gasteiger partial charge in [-0.15, -0.1) is 0 Å². The van der Waals surface area contributed by atoms with Crippen molar-refractivity contribution in [2.75, 3.05) is 6.54 Å². The summed E-state index contributed by atoms with van der Waals surface area (Å²) in [6.45, 7) is 5.20. The molecule has 1 fully saturated rings. The molecule has 2 aromatic heterocycles. The lowest BCUT2D eigenvalue weighted by Gasteiger charge is -2.24. The molecule has 2 aromatic rings. The Morgan fingerprint density at radius 1 is 1.48 bits per heavy atom. The average Bonchev–Trinajstić information content (AvgIpc) is 3.18. The molecule has 112 valence electrons. The third-order valence-corrected chi connectivity index (χ3v) is 4.02. The lowest BCUT2D eigenvalue weighted by Crippen LogP contribution is -2.31. The van der Waals surface area contributed by atoms with Crippen molar-refractivity contribution < 1.29 is 9.32 Å². The van der Waals surface area contributed by atoms with Gasteiger partial charge in [-0.1, -0.05) is 5.16 Å². The van der Waals surface area contributed by atoms with E-state index in [0.717, 1.165) is 36.4 Å². The molecule has 3 heterocycles. The third kappa shape index (κ3) is 2.68. The van der Waals surface area contributed by atoms with E-state index in [1.165, 1.54) is 6.33 Å². The van der Waals surface area contributed by atoms with E-state index in [2.05, 4.69) is 15.2 Å². The van der Waals surface area contributed by atoms with Crippen LogP contribution in [0, 0.1) is 13.8 Å².